The monoisotopic (exact) mass is 280 g/mol. The predicted molar refractivity (Wildman–Crippen MR) is 89.6 cm³/mol. The van der Waals surface area contributed by atoms with Crippen LogP contribution in [0.2, 0.25) is 12.6 Å². The van der Waals surface area contributed by atoms with Crippen LogP contribution in [0.5, 0.6) is 0 Å². The summed E-state index contributed by atoms with van der Waals surface area (Å²) in [4.78, 5) is 0. The van der Waals surface area contributed by atoms with Crippen molar-refractivity contribution in [2.24, 2.45) is 23.7 Å². The predicted octanol–water partition coefficient (Wildman–Crippen LogP) is 5.42. The van der Waals surface area contributed by atoms with Gasteiger partial charge in [-0.25, -0.2) is 0 Å². The topological polar surface area (TPSA) is 0 Å². The van der Waals surface area contributed by atoms with Crippen molar-refractivity contribution in [3.05, 3.63) is 0 Å². The third kappa shape index (κ3) is 4.92. The van der Waals surface area contributed by atoms with Crippen LogP contribution in [-0.2, 0) is 0 Å². The van der Waals surface area contributed by atoms with Gasteiger partial charge in [-0.1, -0.05) is 64.5 Å². The molecule has 0 aromatic heterocycles. The summed E-state index contributed by atoms with van der Waals surface area (Å²) in [6.07, 6.45) is 17.1. The van der Waals surface area contributed by atoms with Crippen molar-refractivity contribution in [3.8, 4) is 0 Å². The fourth-order valence-electron chi connectivity index (χ4n) is 4.80. The highest BCUT2D eigenvalue weighted by Crippen LogP contribution is 2.42. The minimum Gasteiger partial charge on any atom is -0.0748 e. The Balaban J connectivity index is 1.65. The Labute approximate surface area is 124 Å². The fourth-order valence-corrected chi connectivity index (χ4v) is 5.78. The van der Waals surface area contributed by atoms with Gasteiger partial charge in [-0.2, -0.15) is 0 Å². The number of rotatable bonds is 6. The second kappa shape index (κ2) is 8.49. The van der Waals surface area contributed by atoms with E-state index in [-0.39, 0.29) is 0 Å². The van der Waals surface area contributed by atoms with Gasteiger partial charge in [0.2, 0.25) is 0 Å². The lowest BCUT2D eigenvalue weighted by molar-refractivity contribution is 0.142. The standard InChI is InChI=1S/C18H36Si/c1-3-4-15-5-9-17(10-6-15)18-11-7-16(8-12-18)13-14-19-2/h15-18H,3-14,19H2,1-2H3. The Kier molecular flexibility index (Phi) is 6.97. The largest absolute Gasteiger partial charge is 0.0748 e. The van der Waals surface area contributed by atoms with Crippen LogP contribution in [0.15, 0.2) is 0 Å². The normalized spacial score (nSPS) is 36.9. The first-order valence-corrected chi connectivity index (χ1v) is 11.7. The van der Waals surface area contributed by atoms with Gasteiger partial charge in [0.05, 0.1) is 0 Å². The molecule has 0 unspecified atom stereocenters. The molecule has 0 heterocycles. The van der Waals surface area contributed by atoms with Crippen LogP contribution < -0.4 is 0 Å². The molecule has 0 bridgehead atoms. The number of hydrogen-bond acceptors (Lipinski definition) is 0. The molecule has 0 aromatic rings. The molecule has 0 amide bonds. The Morgan fingerprint density at radius 3 is 1.63 bits per heavy atom. The first-order chi connectivity index (χ1) is 9.33. The lowest BCUT2D eigenvalue weighted by Crippen LogP contribution is -2.25. The van der Waals surface area contributed by atoms with E-state index in [4.69, 9.17) is 0 Å². The molecule has 0 N–H and O–H groups in total. The lowest BCUT2D eigenvalue weighted by Gasteiger charge is -2.38. The van der Waals surface area contributed by atoms with Crippen molar-refractivity contribution in [1.29, 1.82) is 0 Å². The molecule has 112 valence electrons. The van der Waals surface area contributed by atoms with E-state index in [0.29, 0.717) is 9.52 Å². The molecule has 2 fully saturated rings. The summed E-state index contributed by atoms with van der Waals surface area (Å²) in [6, 6.07) is 1.61. The summed E-state index contributed by atoms with van der Waals surface area (Å²) in [6.45, 7) is 4.83. The van der Waals surface area contributed by atoms with E-state index in [2.05, 4.69) is 13.5 Å². The van der Waals surface area contributed by atoms with Crippen LogP contribution >= 0.6 is 0 Å². The van der Waals surface area contributed by atoms with Crippen molar-refractivity contribution >= 4 is 9.52 Å². The molecular formula is C18H36Si. The van der Waals surface area contributed by atoms with E-state index >= 15 is 0 Å². The Morgan fingerprint density at radius 1 is 0.737 bits per heavy atom. The van der Waals surface area contributed by atoms with Gasteiger partial charge in [0.1, 0.15) is 0 Å². The molecule has 1 heteroatoms. The average Bonchev–Trinajstić information content (AvgIpc) is 2.47. The summed E-state index contributed by atoms with van der Waals surface area (Å²) in [5.74, 6) is 4.46. The molecule has 2 saturated carbocycles. The number of hydrogen-bond donors (Lipinski definition) is 0. The van der Waals surface area contributed by atoms with Crippen molar-refractivity contribution in [2.45, 2.75) is 90.1 Å². The maximum Gasteiger partial charge on any atom is 0.0166 e. The summed E-state index contributed by atoms with van der Waals surface area (Å²) >= 11 is 0. The maximum absolute atomic E-state index is 2.47. The van der Waals surface area contributed by atoms with Gasteiger partial charge < -0.3 is 0 Å². The zero-order valence-electron chi connectivity index (χ0n) is 13.5. The van der Waals surface area contributed by atoms with Gasteiger partial charge >= 0.3 is 0 Å². The highest BCUT2D eigenvalue weighted by molar-refractivity contribution is 6.33. The smallest absolute Gasteiger partial charge is 0.0166 e. The maximum atomic E-state index is 2.47. The SMILES string of the molecule is CCCC1CCC(C2CCC(CC[SiH2]C)CC2)CC1. The van der Waals surface area contributed by atoms with Crippen molar-refractivity contribution < 1.29 is 0 Å². The second-order valence-electron chi connectivity index (χ2n) is 7.49. The van der Waals surface area contributed by atoms with Crippen molar-refractivity contribution in [1.82, 2.24) is 0 Å². The summed E-state index contributed by atoms with van der Waals surface area (Å²) in [7, 11) is 0.326. The molecule has 2 rings (SSSR count). The van der Waals surface area contributed by atoms with Gasteiger partial charge in [0.15, 0.2) is 0 Å². The van der Waals surface area contributed by atoms with Gasteiger partial charge in [-0.3, -0.25) is 0 Å². The summed E-state index contributed by atoms with van der Waals surface area (Å²) in [5.41, 5.74) is 0. The van der Waals surface area contributed by atoms with E-state index in [0.717, 1.165) is 23.7 Å². The quantitative estimate of drug-likeness (QED) is 0.570. The van der Waals surface area contributed by atoms with Crippen molar-refractivity contribution in [3.63, 3.8) is 0 Å². The first kappa shape index (κ1) is 15.6. The molecule has 0 radical (unpaired) electrons. The first-order valence-electron chi connectivity index (χ1n) is 9.33. The summed E-state index contributed by atoms with van der Waals surface area (Å²) in [5, 5.41) is 0. The fraction of sp³-hybridized carbons (Fsp3) is 1.00. The molecule has 0 saturated heterocycles. The van der Waals surface area contributed by atoms with E-state index in [9.17, 15) is 0 Å². The van der Waals surface area contributed by atoms with E-state index in [1.807, 2.05) is 0 Å². The molecule has 0 aromatic carbocycles. The molecule has 0 nitrogen and oxygen atoms in total. The van der Waals surface area contributed by atoms with Crippen LogP contribution in [0.1, 0.15) is 77.6 Å². The van der Waals surface area contributed by atoms with Gasteiger partial charge in [0, 0.05) is 9.52 Å². The second-order valence-corrected chi connectivity index (χ2v) is 9.20. The van der Waals surface area contributed by atoms with Crippen LogP contribution in [0, 0.1) is 23.7 Å². The van der Waals surface area contributed by atoms with Gasteiger partial charge in [-0.15, -0.1) is 0 Å². The van der Waals surface area contributed by atoms with Crippen LogP contribution in [0.3, 0.4) is 0 Å². The highest BCUT2D eigenvalue weighted by atomic mass is 28.2. The Hall–Kier alpha value is 0.217. The Morgan fingerprint density at radius 2 is 1.21 bits per heavy atom. The van der Waals surface area contributed by atoms with Crippen molar-refractivity contribution in [2.75, 3.05) is 0 Å². The van der Waals surface area contributed by atoms with E-state index in [1.54, 1.807) is 63.8 Å². The molecule has 0 aliphatic heterocycles. The van der Waals surface area contributed by atoms with E-state index < -0.39 is 0 Å². The highest BCUT2D eigenvalue weighted by Gasteiger charge is 2.30. The molecule has 2 aliphatic rings. The molecule has 0 spiro atoms. The zero-order chi connectivity index (χ0) is 13.5. The van der Waals surface area contributed by atoms with Crippen LogP contribution in [-0.4, -0.2) is 9.52 Å². The molecule has 19 heavy (non-hydrogen) atoms. The zero-order valence-corrected chi connectivity index (χ0v) is 14.9. The van der Waals surface area contributed by atoms with E-state index in [1.165, 1.54) is 12.8 Å². The third-order valence-electron chi connectivity index (χ3n) is 6.11. The van der Waals surface area contributed by atoms with Crippen LogP contribution in [0.4, 0.5) is 0 Å². The van der Waals surface area contributed by atoms with Gasteiger partial charge in [0.25, 0.3) is 0 Å². The van der Waals surface area contributed by atoms with Crippen LogP contribution in [0.25, 0.3) is 0 Å². The van der Waals surface area contributed by atoms with Gasteiger partial charge in [-0.05, 0) is 49.4 Å². The molecular weight excluding hydrogens is 244 g/mol. The summed E-state index contributed by atoms with van der Waals surface area (Å²) < 4.78 is 0. The minimum atomic E-state index is 0.326. The molecule has 2 aliphatic carbocycles. The average molecular weight is 281 g/mol. The minimum absolute atomic E-state index is 0.326. The third-order valence-corrected chi connectivity index (χ3v) is 7.23. The lowest BCUT2D eigenvalue weighted by atomic mass is 9.68. The molecule has 0 atom stereocenters. The Bertz CT molecular complexity index is 222.